The molecule has 1 aliphatic rings. The molecule has 1 amide bonds. The predicted octanol–water partition coefficient (Wildman–Crippen LogP) is 3.91. The van der Waals surface area contributed by atoms with E-state index in [4.69, 9.17) is 37.4 Å². The topological polar surface area (TPSA) is 94.1 Å². The van der Waals surface area contributed by atoms with Crippen molar-refractivity contribution in [3.8, 4) is 11.5 Å². The Bertz CT molecular complexity index is 933. The van der Waals surface area contributed by atoms with Gasteiger partial charge in [0.15, 0.2) is 11.5 Å². The Kier molecular flexibility index (Phi) is 5.98. The number of fused-ring (bicyclic) bond motifs is 1. The Morgan fingerprint density at radius 2 is 1.86 bits per heavy atom. The molecule has 7 nitrogen and oxygen atoms in total. The van der Waals surface area contributed by atoms with E-state index in [0.29, 0.717) is 38.4 Å². The van der Waals surface area contributed by atoms with Crippen molar-refractivity contribution in [3.05, 3.63) is 51.5 Å². The molecular weight excluding hydrogens is 409 g/mol. The summed E-state index contributed by atoms with van der Waals surface area (Å²) in [5, 5.41) is 12.6. The van der Waals surface area contributed by atoms with Gasteiger partial charge in [0, 0.05) is 32.9 Å². The molecule has 2 N–H and O–H groups in total. The zero-order valence-corrected chi connectivity index (χ0v) is 16.5. The third kappa shape index (κ3) is 4.01. The molecular formula is C19H17Cl2NO6. The number of carboxylic acid groups (broad SMARTS) is 1. The minimum atomic E-state index is -1.23. The van der Waals surface area contributed by atoms with Crippen LogP contribution in [0.25, 0.3) is 0 Å². The largest absolute Gasteiger partial charge is 0.493 e. The summed E-state index contributed by atoms with van der Waals surface area (Å²) in [7, 11) is 2.93. The monoisotopic (exact) mass is 425 g/mol. The molecule has 0 saturated carbocycles. The molecule has 0 radical (unpaired) electrons. The van der Waals surface area contributed by atoms with Gasteiger partial charge >= 0.3 is 5.97 Å². The van der Waals surface area contributed by atoms with Crippen LogP contribution in [0, 0.1) is 0 Å². The second kappa shape index (κ2) is 8.26. The summed E-state index contributed by atoms with van der Waals surface area (Å²) in [6.07, 6.45) is -2.62. The fourth-order valence-corrected chi connectivity index (χ4v) is 3.47. The number of halogens is 2. The number of amides is 1. The number of aliphatic carboxylic acids is 1. The van der Waals surface area contributed by atoms with Crippen molar-refractivity contribution in [2.24, 2.45) is 0 Å². The summed E-state index contributed by atoms with van der Waals surface area (Å²) in [6.45, 7) is 0. The fraction of sp³-hybridized carbons (Fsp3) is 0.263. The first-order chi connectivity index (χ1) is 13.3. The smallest absolute Gasteiger partial charge is 0.306 e. The van der Waals surface area contributed by atoms with Crippen molar-refractivity contribution in [1.82, 2.24) is 0 Å². The number of ether oxygens (including phenoxy) is 3. The number of hydrogen-bond donors (Lipinski definition) is 2. The Labute approximate surface area is 171 Å². The van der Waals surface area contributed by atoms with Crippen molar-refractivity contribution >= 4 is 40.8 Å². The van der Waals surface area contributed by atoms with Gasteiger partial charge in [0.1, 0.15) is 12.2 Å². The van der Waals surface area contributed by atoms with Gasteiger partial charge in [-0.3, -0.25) is 9.59 Å². The van der Waals surface area contributed by atoms with Crippen LogP contribution in [-0.4, -0.2) is 37.3 Å². The minimum absolute atomic E-state index is 0.353. The second-order valence-electron chi connectivity index (χ2n) is 6.05. The van der Waals surface area contributed by atoms with E-state index >= 15 is 0 Å². The minimum Gasteiger partial charge on any atom is -0.493 e. The van der Waals surface area contributed by atoms with E-state index in [0.717, 1.165) is 0 Å². The number of anilines is 1. The fourth-order valence-electron chi connectivity index (χ4n) is 3.07. The first-order valence-corrected chi connectivity index (χ1v) is 8.98. The Morgan fingerprint density at radius 1 is 1.14 bits per heavy atom. The first-order valence-electron chi connectivity index (χ1n) is 8.23. The summed E-state index contributed by atoms with van der Waals surface area (Å²) >= 11 is 12.4. The standard InChI is InChI=1S/C19H17Cl2NO6/c1-26-14-7-10(21)6-12(18(14)27-2)17-11-5-9(20)3-4-13(11)22-19(25)15(28-17)8-16(23)24/h3-7,15,17H,8H2,1-2H3,(H,22,25)(H,23,24)/t15-,17+/m0/s1. The summed E-state index contributed by atoms with van der Waals surface area (Å²) in [6, 6.07) is 8.08. The van der Waals surface area contributed by atoms with Crippen LogP contribution in [0.2, 0.25) is 10.0 Å². The number of methoxy groups -OCH3 is 2. The van der Waals surface area contributed by atoms with Gasteiger partial charge in [-0.2, -0.15) is 0 Å². The van der Waals surface area contributed by atoms with Crippen LogP contribution in [0.5, 0.6) is 11.5 Å². The average Bonchev–Trinajstić information content (AvgIpc) is 2.77. The lowest BCUT2D eigenvalue weighted by atomic mass is 9.98. The SMILES string of the molecule is COc1cc(Cl)cc([C@@H]2O[C@@H](CC(=O)O)C(=O)Nc3ccc(Cl)cc32)c1OC. The van der Waals surface area contributed by atoms with E-state index in [-0.39, 0.29) is 0 Å². The van der Waals surface area contributed by atoms with E-state index in [2.05, 4.69) is 5.32 Å². The third-order valence-corrected chi connectivity index (χ3v) is 4.71. The highest BCUT2D eigenvalue weighted by Gasteiger charge is 2.35. The van der Waals surface area contributed by atoms with E-state index < -0.39 is 30.5 Å². The molecule has 1 heterocycles. The number of carboxylic acids is 1. The molecule has 0 bridgehead atoms. The Hall–Kier alpha value is -2.48. The summed E-state index contributed by atoms with van der Waals surface area (Å²) in [5.74, 6) is -1.01. The maximum Gasteiger partial charge on any atom is 0.306 e. The maximum atomic E-state index is 12.5. The van der Waals surface area contributed by atoms with Gasteiger partial charge in [-0.1, -0.05) is 23.2 Å². The van der Waals surface area contributed by atoms with Crippen molar-refractivity contribution in [2.45, 2.75) is 18.6 Å². The highest BCUT2D eigenvalue weighted by molar-refractivity contribution is 6.31. The molecule has 0 aliphatic carbocycles. The van der Waals surface area contributed by atoms with Gasteiger partial charge in [-0.05, 0) is 24.3 Å². The van der Waals surface area contributed by atoms with Gasteiger partial charge in [0.05, 0.1) is 20.6 Å². The van der Waals surface area contributed by atoms with Crippen LogP contribution in [0.3, 0.4) is 0 Å². The molecule has 2 aromatic carbocycles. The van der Waals surface area contributed by atoms with Crippen molar-refractivity contribution in [2.75, 3.05) is 19.5 Å². The van der Waals surface area contributed by atoms with Crippen LogP contribution in [0.4, 0.5) is 5.69 Å². The van der Waals surface area contributed by atoms with Gasteiger partial charge < -0.3 is 24.6 Å². The number of carbonyl (C=O) groups is 2. The molecule has 9 heteroatoms. The van der Waals surface area contributed by atoms with E-state index in [1.807, 2.05) is 0 Å². The molecule has 0 fully saturated rings. The van der Waals surface area contributed by atoms with Gasteiger partial charge in [0.2, 0.25) is 0 Å². The maximum absolute atomic E-state index is 12.5. The molecule has 0 saturated heterocycles. The van der Waals surface area contributed by atoms with Crippen LogP contribution in [0.15, 0.2) is 30.3 Å². The molecule has 2 aromatic rings. The van der Waals surface area contributed by atoms with Crippen LogP contribution in [-0.2, 0) is 14.3 Å². The summed E-state index contributed by atoms with van der Waals surface area (Å²) in [4.78, 5) is 23.7. The van der Waals surface area contributed by atoms with Gasteiger partial charge in [-0.25, -0.2) is 0 Å². The lowest BCUT2D eigenvalue weighted by Crippen LogP contribution is -2.31. The van der Waals surface area contributed by atoms with Crippen LogP contribution < -0.4 is 14.8 Å². The summed E-state index contributed by atoms with van der Waals surface area (Å²) in [5.41, 5.74) is 1.46. The zero-order chi connectivity index (χ0) is 20.4. The first kappa shape index (κ1) is 20.3. The zero-order valence-electron chi connectivity index (χ0n) is 15.0. The van der Waals surface area contributed by atoms with Crippen molar-refractivity contribution in [1.29, 1.82) is 0 Å². The third-order valence-electron chi connectivity index (χ3n) is 4.26. The van der Waals surface area contributed by atoms with Crippen LogP contribution in [0.1, 0.15) is 23.7 Å². The number of hydrogen-bond acceptors (Lipinski definition) is 5. The van der Waals surface area contributed by atoms with E-state index in [1.165, 1.54) is 14.2 Å². The lowest BCUT2D eigenvalue weighted by molar-refractivity contribution is -0.146. The van der Waals surface area contributed by atoms with E-state index in [9.17, 15) is 14.7 Å². The molecule has 0 spiro atoms. The summed E-state index contributed by atoms with van der Waals surface area (Å²) < 4.78 is 16.8. The second-order valence-corrected chi connectivity index (χ2v) is 6.93. The molecule has 1 aliphatic heterocycles. The molecule has 28 heavy (non-hydrogen) atoms. The van der Waals surface area contributed by atoms with Crippen LogP contribution >= 0.6 is 23.2 Å². The number of rotatable bonds is 5. The Balaban J connectivity index is 2.22. The molecule has 0 unspecified atom stereocenters. The highest BCUT2D eigenvalue weighted by atomic mass is 35.5. The quantitative estimate of drug-likeness (QED) is 0.753. The highest BCUT2D eigenvalue weighted by Crippen LogP contribution is 2.45. The molecule has 148 valence electrons. The number of benzene rings is 2. The number of carbonyl (C=O) groups excluding carboxylic acids is 1. The average molecular weight is 426 g/mol. The van der Waals surface area contributed by atoms with Gasteiger partial charge in [-0.15, -0.1) is 0 Å². The lowest BCUT2D eigenvalue weighted by Gasteiger charge is -2.24. The predicted molar refractivity (Wildman–Crippen MR) is 104 cm³/mol. The number of nitrogens with one attached hydrogen (secondary N) is 1. The molecule has 2 atom stereocenters. The normalized spacial score (nSPS) is 18.6. The molecule has 0 aromatic heterocycles. The van der Waals surface area contributed by atoms with Crippen molar-refractivity contribution in [3.63, 3.8) is 0 Å². The van der Waals surface area contributed by atoms with Crippen molar-refractivity contribution < 1.29 is 28.9 Å². The molecule has 3 rings (SSSR count). The van der Waals surface area contributed by atoms with Gasteiger partial charge in [0.25, 0.3) is 5.91 Å². The van der Waals surface area contributed by atoms with E-state index in [1.54, 1.807) is 30.3 Å². The Morgan fingerprint density at radius 3 is 2.50 bits per heavy atom.